The van der Waals surface area contributed by atoms with Gasteiger partial charge < -0.3 is 20.1 Å². The molecular formula is C18H15ClF2N2O4. The Morgan fingerprint density at radius 3 is 2.67 bits per heavy atom. The van der Waals surface area contributed by atoms with Crippen LogP contribution in [0.5, 0.6) is 0 Å². The quantitative estimate of drug-likeness (QED) is 0.615. The highest BCUT2D eigenvalue weighted by molar-refractivity contribution is 6.30. The molecule has 0 unspecified atom stereocenters. The van der Waals surface area contributed by atoms with E-state index in [9.17, 15) is 23.5 Å². The predicted octanol–water partition coefficient (Wildman–Crippen LogP) is 2.97. The Labute approximate surface area is 158 Å². The predicted molar refractivity (Wildman–Crippen MR) is 93.1 cm³/mol. The fourth-order valence-corrected chi connectivity index (χ4v) is 2.88. The lowest BCUT2D eigenvalue weighted by atomic mass is 10.2. The van der Waals surface area contributed by atoms with E-state index in [0.717, 1.165) is 12.1 Å². The van der Waals surface area contributed by atoms with Crippen LogP contribution in [0.25, 0.3) is 0 Å². The summed E-state index contributed by atoms with van der Waals surface area (Å²) in [5.41, 5.74) is 0.486. The minimum Gasteiger partial charge on any atom is -0.407 e. The summed E-state index contributed by atoms with van der Waals surface area (Å²) in [6.45, 7) is -0.202. The summed E-state index contributed by atoms with van der Waals surface area (Å²) in [6, 6.07) is 10.7. The van der Waals surface area contributed by atoms with Crippen LogP contribution in [0.2, 0.25) is 5.02 Å². The zero-order chi connectivity index (χ0) is 19.6. The topological polar surface area (TPSA) is 78.9 Å². The van der Waals surface area contributed by atoms with Gasteiger partial charge in [0.15, 0.2) is 0 Å². The molecule has 1 saturated heterocycles. The van der Waals surface area contributed by atoms with Crippen LogP contribution in [0.1, 0.15) is 12.0 Å². The fraction of sp³-hybridized carbons (Fsp3) is 0.222. The van der Waals surface area contributed by atoms with Crippen molar-refractivity contribution in [2.45, 2.75) is 18.8 Å². The molecule has 0 saturated carbocycles. The van der Waals surface area contributed by atoms with Gasteiger partial charge in [0.25, 0.3) is 11.7 Å². The average molecular weight is 397 g/mol. The van der Waals surface area contributed by atoms with Gasteiger partial charge in [-0.2, -0.15) is 0 Å². The number of aliphatic hydroxyl groups is 1. The molecule has 1 fully saturated rings. The average Bonchev–Trinajstić information content (AvgIpc) is 2.94. The third-order valence-electron chi connectivity index (χ3n) is 4.12. The van der Waals surface area contributed by atoms with E-state index in [1.165, 1.54) is 4.90 Å². The van der Waals surface area contributed by atoms with Gasteiger partial charge in [-0.15, -0.1) is 0 Å². The van der Waals surface area contributed by atoms with E-state index in [2.05, 4.69) is 5.32 Å². The maximum atomic E-state index is 13.8. The fourth-order valence-electron chi connectivity index (χ4n) is 2.69. The molecule has 6 nitrogen and oxygen atoms in total. The van der Waals surface area contributed by atoms with E-state index < -0.39 is 34.4 Å². The minimum absolute atomic E-state index is 0.0750. The second-order valence-corrected chi connectivity index (χ2v) is 6.28. The van der Waals surface area contributed by atoms with Crippen LogP contribution in [0.3, 0.4) is 0 Å². The molecular weight excluding hydrogens is 382 g/mol. The number of para-hydroxylation sites is 1. The van der Waals surface area contributed by atoms with Crippen molar-refractivity contribution in [3.63, 3.8) is 0 Å². The van der Waals surface area contributed by atoms with E-state index in [0.29, 0.717) is 5.69 Å². The first-order valence-electron chi connectivity index (χ1n) is 8.00. The summed E-state index contributed by atoms with van der Waals surface area (Å²) in [7, 11) is 0. The Hall–Kier alpha value is -2.71. The summed E-state index contributed by atoms with van der Waals surface area (Å²) in [4.78, 5) is 25.7. The molecule has 0 aliphatic carbocycles. The summed E-state index contributed by atoms with van der Waals surface area (Å²) in [6.07, 6.45) is -1.24. The summed E-state index contributed by atoms with van der Waals surface area (Å²) in [5.74, 6) is -5.03. The van der Waals surface area contributed by atoms with Crippen molar-refractivity contribution < 1.29 is 28.2 Å². The van der Waals surface area contributed by atoms with Gasteiger partial charge in [-0.3, -0.25) is 4.79 Å². The van der Waals surface area contributed by atoms with Crippen LogP contribution in [-0.4, -0.2) is 29.4 Å². The molecule has 2 aromatic carbocycles. The van der Waals surface area contributed by atoms with Gasteiger partial charge >= 0.3 is 6.09 Å². The van der Waals surface area contributed by atoms with Gasteiger partial charge in [-0.05, 0) is 18.2 Å². The van der Waals surface area contributed by atoms with Gasteiger partial charge in [-0.25, -0.2) is 13.6 Å². The molecule has 1 atom stereocenters. The van der Waals surface area contributed by atoms with E-state index in [4.69, 9.17) is 16.3 Å². The highest BCUT2D eigenvalue weighted by Gasteiger charge is 2.49. The summed E-state index contributed by atoms with van der Waals surface area (Å²) < 4.78 is 31.8. The number of rotatable bonds is 4. The maximum absolute atomic E-state index is 13.8. The molecule has 0 aromatic heterocycles. The third-order valence-corrected chi connectivity index (χ3v) is 4.47. The lowest BCUT2D eigenvalue weighted by Crippen LogP contribution is -2.46. The number of hydrogen-bond acceptors (Lipinski definition) is 4. The number of benzene rings is 2. The SMILES string of the molecule is O=C(NCc1ccc(F)c(Cl)c1F)O[C@@]1(O)CCN(c2ccccc2)C1=O. The van der Waals surface area contributed by atoms with E-state index in [1.807, 2.05) is 0 Å². The number of alkyl carbamates (subject to hydrolysis) is 1. The number of hydrogen-bond donors (Lipinski definition) is 2. The second-order valence-electron chi connectivity index (χ2n) is 5.90. The van der Waals surface area contributed by atoms with Crippen LogP contribution in [0, 0.1) is 11.6 Å². The lowest BCUT2D eigenvalue weighted by molar-refractivity contribution is -0.175. The maximum Gasteiger partial charge on any atom is 0.410 e. The Kier molecular flexibility index (Phi) is 5.29. The molecule has 1 aliphatic rings. The Balaban J connectivity index is 1.62. The zero-order valence-electron chi connectivity index (χ0n) is 13.9. The largest absolute Gasteiger partial charge is 0.410 e. The molecule has 1 heterocycles. The van der Waals surface area contributed by atoms with Gasteiger partial charge in [0, 0.05) is 30.8 Å². The van der Waals surface area contributed by atoms with Crippen LogP contribution in [0.4, 0.5) is 19.3 Å². The molecule has 1 aliphatic heterocycles. The number of nitrogens with one attached hydrogen (secondary N) is 1. The standard InChI is InChI=1S/C18H15ClF2N2O4/c19-14-13(20)7-6-11(15(14)21)10-22-17(25)27-18(26)8-9-23(16(18)24)12-4-2-1-3-5-12/h1-7,26H,8-10H2,(H,22,25)/t18-/m0/s1. The smallest absolute Gasteiger partial charge is 0.407 e. The Morgan fingerprint density at radius 2 is 1.96 bits per heavy atom. The van der Waals surface area contributed by atoms with Crippen molar-refractivity contribution in [2.24, 2.45) is 0 Å². The summed E-state index contributed by atoms with van der Waals surface area (Å²) in [5, 5.41) is 11.9. The Bertz CT molecular complexity index is 881. The number of amides is 2. The lowest BCUT2D eigenvalue weighted by Gasteiger charge is -2.22. The van der Waals surface area contributed by atoms with E-state index in [1.54, 1.807) is 30.3 Å². The van der Waals surface area contributed by atoms with Gasteiger partial charge in [0.2, 0.25) is 0 Å². The number of anilines is 1. The number of nitrogens with zero attached hydrogens (tertiary/aromatic N) is 1. The van der Waals surface area contributed by atoms with Crippen molar-refractivity contribution in [3.05, 3.63) is 64.7 Å². The van der Waals surface area contributed by atoms with Gasteiger partial charge in [-0.1, -0.05) is 35.9 Å². The van der Waals surface area contributed by atoms with Gasteiger partial charge in [0.1, 0.15) is 16.7 Å². The highest BCUT2D eigenvalue weighted by Crippen LogP contribution is 2.29. The van der Waals surface area contributed by atoms with Crippen molar-refractivity contribution in [3.8, 4) is 0 Å². The number of ether oxygens (including phenoxy) is 1. The van der Waals surface area contributed by atoms with E-state index >= 15 is 0 Å². The molecule has 0 radical (unpaired) electrons. The number of halogens is 3. The van der Waals surface area contributed by atoms with Crippen molar-refractivity contribution in [1.82, 2.24) is 5.32 Å². The van der Waals surface area contributed by atoms with Gasteiger partial charge in [0.05, 0.1) is 0 Å². The molecule has 9 heteroatoms. The monoisotopic (exact) mass is 396 g/mol. The molecule has 2 amide bonds. The molecule has 27 heavy (non-hydrogen) atoms. The first kappa shape index (κ1) is 19.1. The van der Waals surface area contributed by atoms with Crippen LogP contribution < -0.4 is 10.2 Å². The van der Waals surface area contributed by atoms with E-state index in [-0.39, 0.29) is 25.1 Å². The summed E-state index contributed by atoms with van der Waals surface area (Å²) >= 11 is 5.47. The van der Waals surface area contributed by atoms with Crippen molar-refractivity contribution in [2.75, 3.05) is 11.4 Å². The van der Waals surface area contributed by atoms with Crippen molar-refractivity contribution in [1.29, 1.82) is 0 Å². The number of carbonyl (C=O) groups is 2. The molecule has 0 spiro atoms. The third kappa shape index (κ3) is 3.86. The molecule has 0 bridgehead atoms. The normalized spacial score (nSPS) is 19.3. The first-order valence-corrected chi connectivity index (χ1v) is 8.38. The molecule has 3 rings (SSSR count). The molecule has 142 valence electrons. The first-order chi connectivity index (χ1) is 12.8. The van der Waals surface area contributed by atoms with Crippen LogP contribution in [0.15, 0.2) is 42.5 Å². The second kappa shape index (κ2) is 7.50. The van der Waals surface area contributed by atoms with Crippen LogP contribution >= 0.6 is 11.6 Å². The minimum atomic E-state index is -2.32. The number of carbonyl (C=O) groups excluding carboxylic acids is 2. The zero-order valence-corrected chi connectivity index (χ0v) is 14.7. The molecule has 2 aromatic rings. The van der Waals surface area contributed by atoms with Crippen molar-refractivity contribution >= 4 is 29.3 Å². The Morgan fingerprint density at radius 1 is 1.26 bits per heavy atom. The molecule has 2 N–H and O–H groups in total. The highest BCUT2D eigenvalue weighted by atomic mass is 35.5. The van der Waals surface area contributed by atoms with Crippen LogP contribution in [-0.2, 0) is 16.1 Å².